The van der Waals surface area contributed by atoms with Crippen molar-refractivity contribution in [2.45, 2.75) is 6.18 Å². The number of fused-ring (bicyclic) bond motifs is 1. The van der Waals surface area contributed by atoms with Gasteiger partial charge >= 0.3 is 6.18 Å². The van der Waals surface area contributed by atoms with Crippen LogP contribution in [0.1, 0.15) is 15.2 Å². The molecule has 0 unspecified atom stereocenters. The van der Waals surface area contributed by atoms with E-state index in [4.69, 9.17) is 17.3 Å². The summed E-state index contributed by atoms with van der Waals surface area (Å²) in [5.74, 6) is -0.612. The molecule has 0 saturated heterocycles. The van der Waals surface area contributed by atoms with Gasteiger partial charge in [-0.2, -0.15) is 13.2 Å². The molecule has 0 fully saturated rings. The third-order valence-corrected chi connectivity index (χ3v) is 6.44. The van der Waals surface area contributed by atoms with E-state index in [1.807, 2.05) is 23.6 Å². The van der Waals surface area contributed by atoms with Crippen LogP contribution in [0.4, 0.5) is 24.5 Å². The van der Waals surface area contributed by atoms with Crippen molar-refractivity contribution >= 4 is 61.8 Å². The van der Waals surface area contributed by atoms with Crippen LogP contribution in [-0.2, 0) is 6.18 Å². The first-order valence-corrected chi connectivity index (χ1v) is 10.2. The van der Waals surface area contributed by atoms with Crippen molar-refractivity contribution in [1.29, 1.82) is 0 Å². The number of nitrogen functional groups attached to an aromatic ring is 1. The van der Waals surface area contributed by atoms with Gasteiger partial charge in [-0.05, 0) is 41.8 Å². The van der Waals surface area contributed by atoms with Crippen LogP contribution in [0.15, 0.2) is 47.8 Å². The van der Waals surface area contributed by atoms with Crippen LogP contribution in [0.3, 0.4) is 0 Å². The van der Waals surface area contributed by atoms with Crippen molar-refractivity contribution in [3.8, 4) is 10.6 Å². The molecule has 4 nitrogen and oxygen atoms in total. The van der Waals surface area contributed by atoms with Gasteiger partial charge in [0.1, 0.15) is 9.71 Å². The minimum Gasteiger partial charge on any atom is -0.397 e. The van der Waals surface area contributed by atoms with Gasteiger partial charge in [0.05, 0.1) is 26.8 Å². The molecule has 10 heteroatoms. The maximum atomic E-state index is 13.0. The number of nitrogens with two attached hydrogens (primary N) is 1. The number of rotatable bonds is 3. The summed E-state index contributed by atoms with van der Waals surface area (Å²) in [7, 11) is 0. The monoisotopic (exact) mass is 453 g/mol. The topological polar surface area (TPSA) is 68.0 Å². The third-order valence-electron chi connectivity index (χ3n) is 4.10. The molecule has 148 valence electrons. The maximum absolute atomic E-state index is 13.0. The Hall–Kier alpha value is -2.62. The summed E-state index contributed by atoms with van der Waals surface area (Å²) in [6, 6.07) is 10.6. The number of aromatic nitrogens is 1. The highest BCUT2D eigenvalue weighted by atomic mass is 35.5. The van der Waals surface area contributed by atoms with E-state index in [-0.39, 0.29) is 16.3 Å². The predicted octanol–water partition coefficient (Wildman–Crippen LogP) is 6.53. The zero-order valence-electron chi connectivity index (χ0n) is 14.4. The van der Waals surface area contributed by atoms with Crippen molar-refractivity contribution in [3.63, 3.8) is 0 Å². The average Bonchev–Trinajstić information content (AvgIpc) is 3.30. The maximum Gasteiger partial charge on any atom is 0.417 e. The number of anilines is 2. The summed E-state index contributed by atoms with van der Waals surface area (Å²) in [4.78, 5) is 18.9. The summed E-state index contributed by atoms with van der Waals surface area (Å²) in [6.07, 6.45) is -4.63. The van der Waals surface area contributed by atoms with Crippen molar-refractivity contribution in [2.24, 2.45) is 0 Å². The van der Waals surface area contributed by atoms with Gasteiger partial charge < -0.3 is 11.1 Å². The lowest BCUT2D eigenvalue weighted by Gasteiger charge is -2.11. The number of halogens is 4. The highest BCUT2D eigenvalue weighted by molar-refractivity contribution is 7.21. The molecule has 0 saturated carbocycles. The second-order valence-corrected chi connectivity index (χ2v) is 8.37. The lowest BCUT2D eigenvalue weighted by Crippen LogP contribution is -2.13. The smallest absolute Gasteiger partial charge is 0.397 e. The van der Waals surface area contributed by atoms with Gasteiger partial charge in [0, 0.05) is 11.1 Å². The normalized spacial score (nSPS) is 11.7. The molecule has 4 aromatic rings. The molecule has 0 aliphatic heterocycles. The number of amides is 1. The molecule has 0 atom stereocenters. The second kappa shape index (κ2) is 7.33. The Kier molecular flexibility index (Phi) is 4.97. The minimum absolute atomic E-state index is 0.0317. The van der Waals surface area contributed by atoms with E-state index in [1.165, 1.54) is 17.4 Å². The van der Waals surface area contributed by atoms with E-state index >= 15 is 0 Å². The zero-order chi connectivity index (χ0) is 20.8. The molecular weight excluding hydrogens is 443 g/mol. The van der Waals surface area contributed by atoms with Crippen LogP contribution in [0.5, 0.6) is 0 Å². The van der Waals surface area contributed by atoms with E-state index < -0.39 is 22.7 Å². The standard InChI is InChI=1S/C19H11ClF3N3OS2/c20-12-5-3-9(8-11(12)19(21,22)23)25-17(27)16-15(24)10-4-6-13(26-18(10)29-16)14-2-1-7-28-14/h1-8H,24H2,(H,25,27). The van der Waals surface area contributed by atoms with Crippen molar-refractivity contribution < 1.29 is 18.0 Å². The van der Waals surface area contributed by atoms with E-state index in [9.17, 15) is 18.0 Å². The number of nitrogens with zero attached hydrogens (tertiary/aromatic N) is 1. The summed E-state index contributed by atoms with van der Waals surface area (Å²) in [5.41, 5.74) is 6.03. The van der Waals surface area contributed by atoms with E-state index in [0.717, 1.165) is 34.0 Å². The lowest BCUT2D eigenvalue weighted by molar-refractivity contribution is -0.137. The Morgan fingerprint density at radius 3 is 2.66 bits per heavy atom. The van der Waals surface area contributed by atoms with Gasteiger partial charge in [-0.1, -0.05) is 17.7 Å². The number of hydrogen-bond donors (Lipinski definition) is 2. The van der Waals surface area contributed by atoms with Crippen LogP contribution in [0.2, 0.25) is 5.02 Å². The minimum atomic E-state index is -4.63. The molecule has 0 spiro atoms. The number of thiophene rings is 2. The van der Waals surface area contributed by atoms with Crippen LogP contribution in [0.25, 0.3) is 20.8 Å². The quantitative estimate of drug-likeness (QED) is 0.370. The van der Waals surface area contributed by atoms with Gasteiger partial charge in [-0.3, -0.25) is 4.79 Å². The first-order chi connectivity index (χ1) is 13.7. The van der Waals surface area contributed by atoms with Crippen LogP contribution in [0, 0.1) is 0 Å². The highest BCUT2D eigenvalue weighted by Gasteiger charge is 2.33. The molecule has 29 heavy (non-hydrogen) atoms. The van der Waals surface area contributed by atoms with Gasteiger partial charge in [0.15, 0.2) is 0 Å². The molecule has 3 N–H and O–H groups in total. The number of alkyl halides is 3. The fourth-order valence-electron chi connectivity index (χ4n) is 2.74. The predicted molar refractivity (Wildman–Crippen MR) is 112 cm³/mol. The van der Waals surface area contributed by atoms with Crippen molar-refractivity contribution in [3.05, 3.63) is 63.3 Å². The summed E-state index contributed by atoms with van der Waals surface area (Å²) < 4.78 is 39.1. The van der Waals surface area contributed by atoms with Crippen LogP contribution in [-0.4, -0.2) is 10.9 Å². The van der Waals surface area contributed by atoms with Gasteiger partial charge in [0.25, 0.3) is 5.91 Å². The summed E-state index contributed by atoms with van der Waals surface area (Å²) in [5, 5.41) is 4.56. The largest absolute Gasteiger partial charge is 0.417 e. The van der Waals surface area contributed by atoms with Crippen molar-refractivity contribution in [1.82, 2.24) is 4.98 Å². The molecule has 0 aliphatic carbocycles. The first kappa shape index (κ1) is 19.7. The number of carbonyl (C=O) groups excluding carboxylic acids is 1. The Balaban J connectivity index is 1.66. The van der Waals surface area contributed by atoms with E-state index in [1.54, 1.807) is 6.07 Å². The highest BCUT2D eigenvalue weighted by Crippen LogP contribution is 2.38. The Bertz CT molecular complexity index is 1220. The number of benzene rings is 1. The molecule has 1 aromatic carbocycles. The molecule has 1 amide bonds. The third kappa shape index (κ3) is 3.81. The SMILES string of the molecule is Nc1c(C(=O)Nc2ccc(Cl)c(C(F)(F)F)c2)sc2nc(-c3cccs3)ccc12. The zero-order valence-corrected chi connectivity index (χ0v) is 16.8. The molecule has 0 radical (unpaired) electrons. The average molecular weight is 454 g/mol. The Morgan fingerprint density at radius 1 is 1.17 bits per heavy atom. The van der Waals surface area contributed by atoms with Crippen LogP contribution >= 0.6 is 34.3 Å². The summed E-state index contributed by atoms with van der Waals surface area (Å²) in [6.45, 7) is 0. The number of hydrogen-bond acceptors (Lipinski definition) is 5. The fraction of sp³-hybridized carbons (Fsp3) is 0.0526. The van der Waals surface area contributed by atoms with E-state index in [0.29, 0.717) is 10.2 Å². The summed E-state index contributed by atoms with van der Waals surface area (Å²) >= 11 is 8.23. The molecule has 3 heterocycles. The molecular formula is C19H11ClF3N3OS2. The molecule has 0 aliphatic rings. The first-order valence-electron chi connectivity index (χ1n) is 8.15. The molecule has 4 rings (SSSR count). The molecule has 3 aromatic heterocycles. The van der Waals surface area contributed by atoms with Gasteiger partial charge in [0.2, 0.25) is 0 Å². The van der Waals surface area contributed by atoms with Crippen LogP contribution < -0.4 is 11.1 Å². The number of pyridine rings is 1. The Morgan fingerprint density at radius 2 is 1.97 bits per heavy atom. The van der Waals surface area contributed by atoms with Crippen molar-refractivity contribution in [2.75, 3.05) is 11.1 Å². The van der Waals surface area contributed by atoms with Gasteiger partial charge in [-0.25, -0.2) is 4.98 Å². The number of carbonyl (C=O) groups is 1. The Labute approximate surface area is 175 Å². The van der Waals surface area contributed by atoms with E-state index in [2.05, 4.69) is 10.3 Å². The number of nitrogens with one attached hydrogen (secondary N) is 1. The van der Waals surface area contributed by atoms with Gasteiger partial charge in [-0.15, -0.1) is 22.7 Å². The second-order valence-electron chi connectivity index (χ2n) is 6.02. The fourth-order valence-corrected chi connectivity index (χ4v) is 4.64. The molecule has 0 bridgehead atoms. The lowest BCUT2D eigenvalue weighted by atomic mass is 10.2.